The summed E-state index contributed by atoms with van der Waals surface area (Å²) in [6.45, 7) is 1.09. The molecule has 0 unspecified atom stereocenters. The van der Waals surface area contributed by atoms with Gasteiger partial charge < -0.3 is 10.1 Å². The lowest BCUT2D eigenvalue weighted by Gasteiger charge is -2.00. The zero-order valence-electron chi connectivity index (χ0n) is 11.6. The molecule has 0 spiro atoms. The maximum Gasteiger partial charge on any atom is 0.147 e. The van der Waals surface area contributed by atoms with Crippen LogP contribution in [0.5, 0.6) is 5.75 Å². The Bertz CT molecular complexity index is 549. The van der Waals surface area contributed by atoms with E-state index >= 15 is 0 Å². The number of methoxy groups -OCH3 is 1. The lowest BCUT2D eigenvalue weighted by atomic mass is 10.2. The molecular weight excluding hydrogens is 270 g/mol. The van der Waals surface area contributed by atoms with Crippen LogP contribution in [0, 0.1) is 0 Å². The number of aromatic nitrogens is 2. The monoisotopic (exact) mass is 289 g/mol. The molecule has 0 atom stereocenters. The van der Waals surface area contributed by atoms with Gasteiger partial charge in [-0.3, -0.25) is 0 Å². The average molecular weight is 289 g/mol. The van der Waals surface area contributed by atoms with Crippen molar-refractivity contribution in [3.05, 3.63) is 29.3 Å². The third-order valence-electron chi connectivity index (χ3n) is 3.38. The van der Waals surface area contributed by atoms with E-state index in [1.165, 1.54) is 12.8 Å². The van der Waals surface area contributed by atoms with Crippen molar-refractivity contribution in [2.45, 2.75) is 31.7 Å². The van der Waals surface area contributed by atoms with E-state index in [1.807, 2.05) is 24.3 Å². The minimum atomic E-state index is 0.791. The molecule has 0 saturated heterocycles. The first-order valence-electron chi connectivity index (χ1n) is 7.05. The molecule has 0 amide bonds. The first-order valence-corrected chi connectivity index (χ1v) is 7.87. The van der Waals surface area contributed by atoms with Crippen LogP contribution in [0.15, 0.2) is 24.3 Å². The second-order valence-electron chi connectivity index (χ2n) is 5.06. The van der Waals surface area contributed by atoms with Gasteiger partial charge in [-0.1, -0.05) is 11.3 Å². The van der Waals surface area contributed by atoms with Crippen molar-refractivity contribution in [3.63, 3.8) is 0 Å². The van der Waals surface area contributed by atoms with Crippen LogP contribution in [0.2, 0.25) is 0 Å². The molecule has 0 bridgehead atoms. The van der Waals surface area contributed by atoms with E-state index in [1.54, 1.807) is 18.4 Å². The smallest absolute Gasteiger partial charge is 0.147 e. The fourth-order valence-corrected chi connectivity index (χ4v) is 2.92. The average Bonchev–Trinajstić information content (AvgIpc) is 3.20. The topological polar surface area (TPSA) is 47.0 Å². The lowest BCUT2D eigenvalue weighted by molar-refractivity contribution is 0.415. The molecule has 0 radical (unpaired) electrons. The highest BCUT2D eigenvalue weighted by atomic mass is 32.1. The van der Waals surface area contributed by atoms with E-state index in [-0.39, 0.29) is 0 Å². The molecule has 1 aromatic carbocycles. The van der Waals surface area contributed by atoms with E-state index in [9.17, 15) is 0 Å². The second kappa shape index (κ2) is 6.33. The Hall–Kier alpha value is -1.46. The van der Waals surface area contributed by atoms with E-state index in [4.69, 9.17) is 4.74 Å². The molecule has 1 N–H and O–H groups in total. The molecule has 1 fully saturated rings. The van der Waals surface area contributed by atoms with Crippen LogP contribution < -0.4 is 10.1 Å². The number of hydrogen-bond donors (Lipinski definition) is 1. The van der Waals surface area contributed by atoms with E-state index in [2.05, 4.69) is 15.5 Å². The summed E-state index contributed by atoms with van der Waals surface area (Å²) in [6, 6.07) is 8.75. The molecule has 1 heterocycles. The molecule has 2 aromatic rings. The molecular formula is C15H19N3OS. The van der Waals surface area contributed by atoms with Gasteiger partial charge in [0.05, 0.1) is 7.11 Å². The molecule has 1 aromatic heterocycles. The van der Waals surface area contributed by atoms with Gasteiger partial charge in [0, 0.05) is 18.0 Å². The largest absolute Gasteiger partial charge is 0.497 e. The first-order chi connectivity index (χ1) is 9.85. The Labute approximate surface area is 123 Å². The van der Waals surface area contributed by atoms with Gasteiger partial charge in [0.25, 0.3) is 0 Å². The van der Waals surface area contributed by atoms with Crippen molar-refractivity contribution in [1.29, 1.82) is 0 Å². The highest BCUT2D eigenvalue weighted by Crippen LogP contribution is 2.26. The third kappa shape index (κ3) is 3.55. The van der Waals surface area contributed by atoms with Crippen LogP contribution >= 0.6 is 11.3 Å². The molecule has 1 aliphatic carbocycles. The summed E-state index contributed by atoms with van der Waals surface area (Å²) in [5.74, 6) is 0.865. The summed E-state index contributed by atoms with van der Waals surface area (Å²) in [4.78, 5) is 0. The van der Waals surface area contributed by atoms with E-state index in [0.717, 1.165) is 46.8 Å². The molecule has 4 nitrogen and oxygen atoms in total. The zero-order valence-corrected chi connectivity index (χ0v) is 12.4. The number of nitrogens with one attached hydrogen (secondary N) is 1. The van der Waals surface area contributed by atoms with Gasteiger partial charge in [-0.05, 0) is 50.1 Å². The van der Waals surface area contributed by atoms with Gasteiger partial charge >= 0.3 is 0 Å². The molecule has 5 heteroatoms. The van der Waals surface area contributed by atoms with Crippen LogP contribution in [0.1, 0.15) is 24.3 Å². The number of rotatable bonds is 7. The SMILES string of the molecule is COc1ccc(-c2nnc(CCCNC3CC3)s2)cc1. The minimum Gasteiger partial charge on any atom is -0.497 e. The Morgan fingerprint density at radius 1 is 1.25 bits per heavy atom. The summed E-state index contributed by atoms with van der Waals surface area (Å²) < 4.78 is 5.16. The van der Waals surface area contributed by atoms with Crippen molar-refractivity contribution in [1.82, 2.24) is 15.5 Å². The van der Waals surface area contributed by atoms with Crippen molar-refractivity contribution in [2.24, 2.45) is 0 Å². The van der Waals surface area contributed by atoms with Gasteiger partial charge in [0.15, 0.2) is 0 Å². The summed E-state index contributed by atoms with van der Waals surface area (Å²) in [5, 5.41) is 14.2. The van der Waals surface area contributed by atoms with E-state index in [0.29, 0.717) is 0 Å². The van der Waals surface area contributed by atoms with Crippen molar-refractivity contribution < 1.29 is 4.74 Å². The molecule has 0 aliphatic heterocycles. The Kier molecular flexibility index (Phi) is 4.28. The van der Waals surface area contributed by atoms with Crippen LogP contribution in [0.3, 0.4) is 0 Å². The van der Waals surface area contributed by atoms with Crippen molar-refractivity contribution in [2.75, 3.05) is 13.7 Å². The molecule has 1 aliphatic rings. The van der Waals surface area contributed by atoms with Crippen LogP contribution in [0.4, 0.5) is 0 Å². The molecule has 1 saturated carbocycles. The Morgan fingerprint density at radius 2 is 2.05 bits per heavy atom. The van der Waals surface area contributed by atoms with Gasteiger partial charge in [0.2, 0.25) is 0 Å². The maximum atomic E-state index is 5.16. The Balaban J connectivity index is 1.54. The fourth-order valence-electron chi connectivity index (χ4n) is 2.04. The summed E-state index contributed by atoms with van der Waals surface area (Å²) in [5.41, 5.74) is 1.10. The lowest BCUT2D eigenvalue weighted by Crippen LogP contribution is -2.17. The number of nitrogens with zero attached hydrogens (tertiary/aromatic N) is 2. The standard InChI is InChI=1S/C15H19N3OS/c1-19-13-8-4-11(5-9-13)15-18-17-14(20-15)3-2-10-16-12-6-7-12/h4-5,8-9,12,16H,2-3,6-7,10H2,1H3. The number of benzene rings is 1. The van der Waals surface area contributed by atoms with E-state index < -0.39 is 0 Å². The van der Waals surface area contributed by atoms with Gasteiger partial charge in [0.1, 0.15) is 15.8 Å². The predicted molar refractivity (Wildman–Crippen MR) is 81.2 cm³/mol. The third-order valence-corrected chi connectivity index (χ3v) is 4.41. The summed E-state index contributed by atoms with van der Waals surface area (Å²) in [7, 11) is 1.67. The number of hydrogen-bond acceptors (Lipinski definition) is 5. The van der Waals surface area contributed by atoms with Crippen molar-refractivity contribution >= 4 is 11.3 Å². The number of ether oxygens (including phenoxy) is 1. The van der Waals surface area contributed by atoms with Gasteiger partial charge in [-0.25, -0.2) is 0 Å². The quantitative estimate of drug-likeness (QED) is 0.796. The van der Waals surface area contributed by atoms with Crippen molar-refractivity contribution in [3.8, 4) is 16.3 Å². The summed E-state index contributed by atoms with van der Waals surface area (Å²) in [6.07, 6.45) is 4.84. The fraction of sp³-hybridized carbons (Fsp3) is 0.467. The Morgan fingerprint density at radius 3 is 2.75 bits per heavy atom. The molecule has 20 heavy (non-hydrogen) atoms. The molecule has 106 valence electrons. The number of aryl methyl sites for hydroxylation is 1. The predicted octanol–water partition coefficient (Wildman–Crippen LogP) is 2.90. The van der Waals surface area contributed by atoms with Crippen LogP contribution in [0.25, 0.3) is 10.6 Å². The summed E-state index contributed by atoms with van der Waals surface area (Å²) >= 11 is 1.68. The normalized spacial score (nSPS) is 14.4. The second-order valence-corrected chi connectivity index (χ2v) is 6.12. The highest BCUT2D eigenvalue weighted by Gasteiger charge is 2.19. The highest BCUT2D eigenvalue weighted by molar-refractivity contribution is 7.14. The zero-order chi connectivity index (χ0) is 13.8. The van der Waals surface area contributed by atoms with Gasteiger partial charge in [-0.2, -0.15) is 0 Å². The minimum absolute atomic E-state index is 0.791. The molecule has 3 rings (SSSR count). The van der Waals surface area contributed by atoms with Crippen LogP contribution in [-0.4, -0.2) is 29.9 Å². The van der Waals surface area contributed by atoms with Crippen LogP contribution in [-0.2, 0) is 6.42 Å². The first kappa shape index (κ1) is 13.5. The van der Waals surface area contributed by atoms with Gasteiger partial charge in [-0.15, -0.1) is 10.2 Å². The maximum absolute atomic E-state index is 5.16.